The molecule has 0 N–H and O–H groups in total. The van der Waals surface area contributed by atoms with Gasteiger partial charge >= 0.3 is 0 Å². The Labute approximate surface area is 187 Å². The second kappa shape index (κ2) is 9.46. The Morgan fingerprint density at radius 2 is 1.83 bits per heavy atom. The summed E-state index contributed by atoms with van der Waals surface area (Å²) in [6.45, 7) is 7.64. The summed E-state index contributed by atoms with van der Waals surface area (Å²) >= 11 is 7.89. The third-order valence-corrected chi connectivity index (χ3v) is 7.31. The van der Waals surface area contributed by atoms with Gasteiger partial charge in [-0.1, -0.05) is 48.9 Å². The fourth-order valence-electron chi connectivity index (χ4n) is 4.11. The number of anilines is 1. The van der Waals surface area contributed by atoms with Crippen molar-refractivity contribution >= 4 is 44.2 Å². The molecule has 4 rings (SSSR count). The number of hydrogen-bond donors (Lipinski definition) is 0. The quantitative estimate of drug-likeness (QED) is 0.463. The number of fused-ring (bicyclic) bond motifs is 2. The third kappa shape index (κ3) is 4.39. The number of carbonyl (C=O) groups excluding carboxylic acids is 1. The van der Waals surface area contributed by atoms with Gasteiger partial charge in [-0.05, 0) is 74.2 Å². The third-order valence-electron chi connectivity index (χ3n) is 5.96. The molecule has 1 heterocycles. The van der Waals surface area contributed by atoms with Gasteiger partial charge in [0.15, 0.2) is 5.13 Å². The van der Waals surface area contributed by atoms with E-state index in [1.165, 1.54) is 35.3 Å². The van der Waals surface area contributed by atoms with E-state index in [9.17, 15) is 4.79 Å². The van der Waals surface area contributed by atoms with Gasteiger partial charge in [0.1, 0.15) is 5.52 Å². The van der Waals surface area contributed by atoms with Crippen LogP contribution in [0.1, 0.15) is 48.2 Å². The number of halogens is 1. The minimum Gasteiger partial charge on any atom is -0.302 e. The molecule has 0 spiro atoms. The van der Waals surface area contributed by atoms with Crippen LogP contribution in [0.5, 0.6) is 0 Å². The van der Waals surface area contributed by atoms with Gasteiger partial charge in [-0.2, -0.15) is 0 Å². The van der Waals surface area contributed by atoms with Crippen molar-refractivity contribution in [2.24, 2.45) is 0 Å². The summed E-state index contributed by atoms with van der Waals surface area (Å²) in [5.74, 6) is 0.0192. The molecule has 1 aliphatic rings. The van der Waals surface area contributed by atoms with Gasteiger partial charge in [0.05, 0.1) is 9.72 Å². The lowest BCUT2D eigenvalue weighted by Crippen LogP contribution is -2.39. The lowest BCUT2D eigenvalue weighted by Gasteiger charge is -2.25. The van der Waals surface area contributed by atoms with Crippen molar-refractivity contribution in [3.05, 3.63) is 58.1 Å². The molecule has 158 valence electrons. The van der Waals surface area contributed by atoms with Crippen molar-refractivity contribution in [3.63, 3.8) is 0 Å². The molecule has 0 saturated carbocycles. The maximum absolute atomic E-state index is 13.6. The lowest BCUT2D eigenvalue weighted by atomic mass is 9.90. The van der Waals surface area contributed by atoms with Crippen molar-refractivity contribution in [1.82, 2.24) is 9.88 Å². The summed E-state index contributed by atoms with van der Waals surface area (Å²) in [7, 11) is 0. The summed E-state index contributed by atoms with van der Waals surface area (Å²) in [6.07, 6.45) is 4.62. The summed E-state index contributed by atoms with van der Waals surface area (Å²) in [4.78, 5) is 22.5. The smallest absolute Gasteiger partial charge is 0.260 e. The molecule has 0 saturated heterocycles. The first-order valence-electron chi connectivity index (χ1n) is 10.8. The van der Waals surface area contributed by atoms with Crippen molar-refractivity contribution in [1.29, 1.82) is 0 Å². The van der Waals surface area contributed by atoms with E-state index in [2.05, 4.69) is 30.9 Å². The van der Waals surface area contributed by atoms with E-state index in [-0.39, 0.29) is 5.91 Å². The van der Waals surface area contributed by atoms with E-state index >= 15 is 0 Å². The predicted octanol–water partition coefficient (Wildman–Crippen LogP) is 5.82. The first-order valence-corrected chi connectivity index (χ1v) is 12.0. The van der Waals surface area contributed by atoms with Gasteiger partial charge in [-0.3, -0.25) is 9.69 Å². The number of nitrogens with zero attached hydrogens (tertiary/aromatic N) is 3. The molecule has 6 heteroatoms. The van der Waals surface area contributed by atoms with Crippen molar-refractivity contribution in [3.8, 4) is 0 Å². The Balaban J connectivity index is 1.68. The molecule has 0 radical (unpaired) electrons. The van der Waals surface area contributed by atoms with Crippen molar-refractivity contribution < 1.29 is 4.79 Å². The normalized spacial score (nSPS) is 13.6. The highest BCUT2D eigenvalue weighted by molar-refractivity contribution is 7.22. The molecule has 3 aromatic rings. The van der Waals surface area contributed by atoms with Gasteiger partial charge in [0.25, 0.3) is 5.91 Å². The molecule has 1 aromatic heterocycles. The Morgan fingerprint density at radius 3 is 2.57 bits per heavy atom. The number of thiazole rings is 1. The molecule has 0 aliphatic heterocycles. The summed E-state index contributed by atoms with van der Waals surface area (Å²) in [5.41, 5.74) is 4.23. The van der Waals surface area contributed by atoms with Crippen LogP contribution < -0.4 is 4.90 Å². The minimum atomic E-state index is 0.0192. The zero-order valence-corrected chi connectivity index (χ0v) is 19.2. The van der Waals surface area contributed by atoms with Crippen LogP contribution in [0, 0.1) is 0 Å². The van der Waals surface area contributed by atoms with Crippen LogP contribution in [0.25, 0.3) is 10.2 Å². The Hall–Kier alpha value is -1.95. The Kier molecular flexibility index (Phi) is 6.71. The standard InChI is InChI=1S/C24H28ClN3OS/c1-3-27(4-2)14-15-28(24-26-22-20(25)10-7-11-21(22)30-24)23(29)19-13-12-17-8-5-6-9-18(17)16-19/h7,10-13,16H,3-6,8-9,14-15H2,1-2H3. The molecule has 0 unspecified atom stereocenters. The number of benzene rings is 2. The van der Waals surface area contributed by atoms with Crippen molar-refractivity contribution in [2.75, 3.05) is 31.1 Å². The van der Waals surface area contributed by atoms with Crippen LogP contribution >= 0.6 is 22.9 Å². The van der Waals surface area contributed by atoms with Crippen LogP contribution in [0.4, 0.5) is 5.13 Å². The second-order valence-corrected chi connectivity index (χ2v) is 9.17. The van der Waals surface area contributed by atoms with Crippen LogP contribution in [0.3, 0.4) is 0 Å². The number of amides is 1. The largest absolute Gasteiger partial charge is 0.302 e. The SMILES string of the molecule is CCN(CC)CCN(C(=O)c1ccc2c(c1)CCCC2)c1nc2c(Cl)cccc2s1. The van der Waals surface area contributed by atoms with Gasteiger partial charge in [-0.25, -0.2) is 4.98 Å². The van der Waals surface area contributed by atoms with E-state index in [0.717, 1.165) is 48.3 Å². The maximum Gasteiger partial charge on any atom is 0.260 e. The van der Waals surface area contributed by atoms with Crippen LogP contribution in [0.2, 0.25) is 5.02 Å². The molecule has 30 heavy (non-hydrogen) atoms. The molecule has 0 atom stereocenters. The second-order valence-electron chi connectivity index (χ2n) is 7.76. The first-order chi connectivity index (χ1) is 14.6. The summed E-state index contributed by atoms with van der Waals surface area (Å²) in [5, 5.41) is 1.34. The van der Waals surface area contributed by atoms with Crippen LogP contribution in [-0.4, -0.2) is 42.0 Å². The zero-order chi connectivity index (χ0) is 21.1. The van der Waals surface area contributed by atoms with E-state index in [1.807, 2.05) is 29.2 Å². The average Bonchev–Trinajstić information content (AvgIpc) is 3.21. The number of likely N-dealkylation sites (N-methyl/N-ethyl adjacent to an activating group) is 1. The van der Waals surface area contributed by atoms with Gasteiger partial charge in [-0.15, -0.1) is 0 Å². The summed E-state index contributed by atoms with van der Waals surface area (Å²) in [6, 6.07) is 12.0. The van der Waals surface area contributed by atoms with E-state index in [1.54, 1.807) is 0 Å². The fourth-order valence-corrected chi connectivity index (χ4v) is 5.40. The van der Waals surface area contributed by atoms with Crippen LogP contribution in [0.15, 0.2) is 36.4 Å². The molecule has 1 aliphatic carbocycles. The molecular formula is C24H28ClN3OS. The molecular weight excluding hydrogens is 414 g/mol. The van der Waals surface area contributed by atoms with Crippen LogP contribution in [-0.2, 0) is 12.8 Å². The van der Waals surface area contributed by atoms with Gasteiger partial charge in [0, 0.05) is 18.7 Å². The Bertz CT molecular complexity index is 1040. The predicted molar refractivity (Wildman–Crippen MR) is 127 cm³/mol. The zero-order valence-electron chi connectivity index (χ0n) is 17.7. The number of aryl methyl sites for hydroxylation is 2. The summed E-state index contributed by atoms with van der Waals surface area (Å²) < 4.78 is 1.00. The van der Waals surface area contributed by atoms with Gasteiger partial charge in [0.2, 0.25) is 0 Å². The Morgan fingerprint density at radius 1 is 1.07 bits per heavy atom. The highest BCUT2D eigenvalue weighted by atomic mass is 35.5. The molecule has 1 amide bonds. The number of carbonyl (C=O) groups is 1. The lowest BCUT2D eigenvalue weighted by molar-refractivity contribution is 0.0983. The highest BCUT2D eigenvalue weighted by Gasteiger charge is 2.23. The molecule has 0 bridgehead atoms. The van der Waals surface area contributed by atoms with E-state index < -0.39 is 0 Å². The van der Waals surface area contributed by atoms with E-state index in [0.29, 0.717) is 16.7 Å². The molecule has 2 aromatic carbocycles. The fraction of sp³-hybridized carbons (Fsp3) is 0.417. The number of hydrogen-bond acceptors (Lipinski definition) is 4. The number of aromatic nitrogens is 1. The van der Waals surface area contributed by atoms with E-state index in [4.69, 9.17) is 16.6 Å². The molecule has 0 fully saturated rings. The first kappa shape index (κ1) is 21.3. The average molecular weight is 442 g/mol. The number of para-hydroxylation sites is 1. The maximum atomic E-state index is 13.6. The highest BCUT2D eigenvalue weighted by Crippen LogP contribution is 2.33. The topological polar surface area (TPSA) is 36.4 Å². The monoisotopic (exact) mass is 441 g/mol. The number of rotatable bonds is 7. The minimum absolute atomic E-state index is 0.0192. The molecule has 4 nitrogen and oxygen atoms in total. The van der Waals surface area contributed by atoms with Crippen molar-refractivity contribution in [2.45, 2.75) is 39.5 Å². The van der Waals surface area contributed by atoms with Gasteiger partial charge < -0.3 is 4.90 Å².